The molecule has 1 aromatic heterocycles. The molecule has 1 aromatic rings. The van der Waals surface area contributed by atoms with Crippen LogP contribution in [-0.2, 0) is 11.2 Å². The molecule has 0 aliphatic heterocycles. The first-order chi connectivity index (χ1) is 7.86. The van der Waals surface area contributed by atoms with Crippen molar-refractivity contribution in [2.24, 2.45) is 5.41 Å². The highest BCUT2D eigenvalue weighted by molar-refractivity contribution is 5.98. The average molecular weight is 233 g/mol. The molecule has 0 fully saturated rings. The molecule has 0 amide bonds. The van der Waals surface area contributed by atoms with Crippen LogP contribution < -0.4 is 0 Å². The van der Waals surface area contributed by atoms with Crippen LogP contribution in [0.4, 0.5) is 0 Å². The van der Waals surface area contributed by atoms with Crippen molar-refractivity contribution in [3.63, 3.8) is 0 Å². The van der Waals surface area contributed by atoms with Gasteiger partial charge in [0.15, 0.2) is 5.78 Å². The van der Waals surface area contributed by atoms with E-state index in [1.807, 2.05) is 27.7 Å². The van der Waals surface area contributed by atoms with Gasteiger partial charge in [-0.2, -0.15) is 0 Å². The van der Waals surface area contributed by atoms with Gasteiger partial charge in [0.05, 0.1) is 5.69 Å². The molecule has 1 heterocycles. The molecule has 0 N–H and O–H groups in total. The lowest BCUT2D eigenvalue weighted by Crippen LogP contribution is -2.23. The van der Waals surface area contributed by atoms with Crippen molar-refractivity contribution in [2.45, 2.75) is 40.5 Å². The molecule has 0 aromatic carbocycles. The van der Waals surface area contributed by atoms with Gasteiger partial charge in [0.2, 0.25) is 0 Å². The first-order valence-electron chi connectivity index (χ1n) is 5.86. The van der Waals surface area contributed by atoms with E-state index in [2.05, 4.69) is 4.98 Å². The van der Waals surface area contributed by atoms with Crippen LogP contribution in [0.5, 0.6) is 0 Å². The molecular weight excluding hydrogens is 214 g/mol. The van der Waals surface area contributed by atoms with Crippen LogP contribution in [0.3, 0.4) is 0 Å². The molecule has 17 heavy (non-hydrogen) atoms. The number of aromatic nitrogens is 1. The predicted octanol–water partition coefficient (Wildman–Crippen LogP) is 2.83. The Kier molecular flexibility index (Phi) is 4.16. The minimum absolute atomic E-state index is 0.0369. The van der Waals surface area contributed by atoms with Crippen molar-refractivity contribution < 1.29 is 9.59 Å². The van der Waals surface area contributed by atoms with E-state index in [0.717, 1.165) is 0 Å². The molecule has 0 saturated heterocycles. The Morgan fingerprint density at radius 3 is 2.47 bits per heavy atom. The number of carbonyl (C=O) groups is 2. The van der Waals surface area contributed by atoms with Crippen LogP contribution in [0.25, 0.3) is 0 Å². The first kappa shape index (κ1) is 13.6. The third kappa shape index (κ3) is 3.48. The van der Waals surface area contributed by atoms with E-state index in [0.29, 0.717) is 17.7 Å². The van der Waals surface area contributed by atoms with Crippen LogP contribution in [0.15, 0.2) is 18.3 Å². The minimum Gasteiger partial charge on any atom is -0.299 e. The standard InChI is InChI=1S/C14H19NO2/c1-5-12(16)10-7-6-8-15-11(10)9-13(17)14(2,3)4/h6-8H,5,9H2,1-4H3. The van der Waals surface area contributed by atoms with Gasteiger partial charge in [-0.1, -0.05) is 27.7 Å². The molecule has 3 nitrogen and oxygen atoms in total. The zero-order valence-corrected chi connectivity index (χ0v) is 10.9. The van der Waals surface area contributed by atoms with Gasteiger partial charge < -0.3 is 0 Å². The Labute approximate surface area is 102 Å². The Hall–Kier alpha value is -1.51. The fourth-order valence-corrected chi connectivity index (χ4v) is 1.44. The van der Waals surface area contributed by atoms with Gasteiger partial charge >= 0.3 is 0 Å². The average Bonchev–Trinajstić information content (AvgIpc) is 2.27. The molecular formula is C14H19NO2. The molecule has 92 valence electrons. The summed E-state index contributed by atoms with van der Waals surface area (Å²) in [6.07, 6.45) is 2.28. The largest absolute Gasteiger partial charge is 0.299 e. The van der Waals surface area contributed by atoms with Crippen molar-refractivity contribution in [3.8, 4) is 0 Å². The van der Waals surface area contributed by atoms with Gasteiger partial charge in [-0.05, 0) is 12.1 Å². The van der Waals surface area contributed by atoms with E-state index in [-0.39, 0.29) is 18.0 Å². The number of rotatable bonds is 4. The Bertz CT molecular complexity index is 430. The van der Waals surface area contributed by atoms with Crippen LogP contribution in [0, 0.1) is 5.41 Å². The summed E-state index contributed by atoms with van der Waals surface area (Å²) in [4.78, 5) is 27.8. The number of hydrogen-bond donors (Lipinski definition) is 0. The molecule has 0 aliphatic carbocycles. The van der Waals surface area contributed by atoms with E-state index in [1.165, 1.54) is 0 Å². The third-order valence-electron chi connectivity index (χ3n) is 2.68. The summed E-state index contributed by atoms with van der Waals surface area (Å²) >= 11 is 0. The van der Waals surface area contributed by atoms with Crippen molar-refractivity contribution in [2.75, 3.05) is 0 Å². The number of hydrogen-bond acceptors (Lipinski definition) is 3. The lowest BCUT2D eigenvalue weighted by atomic mass is 9.87. The quantitative estimate of drug-likeness (QED) is 0.751. The second-order valence-corrected chi connectivity index (χ2v) is 5.12. The molecule has 0 radical (unpaired) electrons. The van der Waals surface area contributed by atoms with Gasteiger partial charge in [-0.25, -0.2) is 0 Å². The molecule has 0 aliphatic rings. The zero-order valence-electron chi connectivity index (χ0n) is 10.9. The molecule has 0 unspecified atom stereocenters. The number of pyridine rings is 1. The molecule has 3 heteroatoms. The number of nitrogens with zero attached hydrogens (tertiary/aromatic N) is 1. The summed E-state index contributed by atoms with van der Waals surface area (Å²) in [6.45, 7) is 7.43. The summed E-state index contributed by atoms with van der Waals surface area (Å²) in [5.41, 5.74) is 0.774. The van der Waals surface area contributed by atoms with E-state index in [4.69, 9.17) is 0 Å². The van der Waals surface area contributed by atoms with Crippen molar-refractivity contribution >= 4 is 11.6 Å². The fourth-order valence-electron chi connectivity index (χ4n) is 1.44. The van der Waals surface area contributed by atoms with Crippen molar-refractivity contribution in [3.05, 3.63) is 29.6 Å². The SMILES string of the molecule is CCC(=O)c1cccnc1CC(=O)C(C)(C)C. The molecule has 0 atom stereocenters. The number of Topliss-reactive ketones (excluding diaryl/α,β-unsaturated/α-hetero) is 2. The highest BCUT2D eigenvalue weighted by Crippen LogP contribution is 2.19. The van der Waals surface area contributed by atoms with Crippen LogP contribution in [0.1, 0.15) is 50.2 Å². The topological polar surface area (TPSA) is 47.0 Å². The third-order valence-corrected chi connectivity index (χ3v) is 2.68. The van der Waals surface area contributed by atoms with Gasteiger partial charge in [0.25, 0.3) is 0 Å². The van der Waals surface area contributed by atoms with Gasteiger partial charge in [0.1, 0.15) is 5.78 Å². The zero-order chi connectivity index (χ0) is 13.1. The molecule has 0 bridgehead atoms. The lowest BCUT2D eigenvalue weighted by Gasteiger charge is -2.16. The van der Waals surface area contributed by atoms with E-state index in [1.54, 1.807) is 18.3 Å². The second kappa shape index (κ2) is 5.21. The smallest absolute Gasteiger partial charge is 0.164 e. The summed E-state index contributed by atoms with van der Waals surface area (Å²) in [5.74, 6) is 0.135. The van der Waals surface area contributed by atoms with Crippen LogP contribution in [0.2, 0.25) is 0 Å². The summed E-state index contributed by atoms with van der Waals surface area (Å²) in [6, 6.07) is 3.47. The summed E-state index contributed by atoms with van der Waals surface area (Å²) in [7, 11) is 0. The minimum atomic E-state index is -0.399. The van der Waals surface area contributed by atoms with Gasteiger partial charge in [-0.3, -0.25) is 14.6 Å². The Morgan fingerprint density at radius 2 is 1.94 bits per heavy atom. The van der Waals surface area contributed by atoms with Crippen LogP contribution in [-0.4, -0.2) is 16.6 Å². The maximum absolute atomic E-state index is 11.9. The maximum Gasteiger partial charge on any atom is 0.164 e. The first-order valence-corrected chi connectivity index (χ1v) is 5.86. The normalized spacial score (nSPS) is 11.3. The molecule has 0 saturated carbocycles. The Morgan fingerprint density at radius 1 is 1.29 bits per heavy atom. The van der Waals surface area contributed by atoms with Crippen molar-refractivity contribution in [1.29, 1.82) is 0 Å². The molecule has 1 rings (SSSR count). The maximum atomic E-state index is 11.9. The highest BCUT2D eigenvalue weighted by atomic mass is 16.1. The molecule has 0 spiro atoms. The van der Waals surface area contributed by atoms with E-state index < -0.39 is 5.41 Å². The van der Waals surface area contributed by atoms with E-state index in [9.17, 15) is 9.59 Å². The van der Waals surface area contributed by atoms with Crippen LogP contribution >= 0.6 is 0 Å². The number of carbonyl (C=O) groups excluding carboxylic acids is 2. The van der Waals surface area contributed by atoms with E-state index >= 15 is 0 Å². The predicted molar refractivity (Wildman–Crippen MR) is 67.0 cm³/mol. The van der Waals surface area contributed by atoms with Crippen molar-refractivity contribution in [1.82, 2.24) is 4.98 Å². The summed E-state index contributed by atoms with van der Waals surface area (Å²) in [5, 5.41) is 0. The second-order valence-electron chi connectivity index (χ2n) is 5.12. The van der Waals surface area contributed by atoms with Gasteiger partial charge in [-0.15, -0.1) is 0 Å². The Balaban J connectivity index is 2.99. The fraction of sp³-hybridized carbons (Fsp3) is 0.500. The van der Waals surface area contributed by atoms with Gasteiger partial charge in [0, 0.05) is 30.0 Å². The summed E-state index contributed by atoms with van der Waals surface area (Å²) < 4.78 is 0. The monoisotopic (exact) mass is 233 g/mol. The number of ketones is 2. The highest BCUT2D eigenvalue weighted by Gasteiger charge is 2.23. The lowest BCUT2D eigenvalue weighted by molar-refractivity contribution is -0.125.